The number of hydrogen-bond donors (Lipinski definition) is 0. The van der Waals surface area contributed by atoms with Crippen LogP contribution >= 0.6 is 0 Å². The number of benzene rings is 1. The van der Waals surface area contributed by atoms with Gasteiger partial charge in [-0.2, -0.15) is 0 Å². The van der Waals surface area contributed by atoms with Crippen molar-refractivity contribution in [2.75, 3.05) is 28.0 Å². The first-order chi connectivity index (χ1) is 17.5. The van der Waals surface area contributed by atoms with Gasteiger partial charge in [-0.3, -0.25) is 9.59 Å². The molecule has 0 aromatic heterocycles. The molecular formula is C29H47NO8Si. The molecular weight excluding hydrogens is 518 g/mol. The van der Waals surface area contributed by atoms with Gasteiger partial charge in [-0.05, 0) is 59.7 Å². The minimum absolute atomic E-state index is 0.0113. The molecule has 0 aliphatic rings. The first-order valence-corrected chi connectivity index (χ1v) is 15.8. The summed E-state index contributed by atoms with van der Waals surface area (Å²) in [6.07, 6.45) is 2.89. The predicted molar refractivity (Wildman–Crippen MR) is 154 cm³/mol. The van der Waals surface area contributed by atoms with Crippen molar-refractivity contribution in [2.24, 2.45) is 5.41 Å². The molecule has 9 nitrogen and oxygen atoms in total. The van der Waals surface area contributed by atoms with Crippen LogP contribution in [0.15, 0.2) is 18.3 Å². The molecule has 0 saturated heterocycles. The summed E-state index contributed by atoms with van der Waals surface area (Å²) >= 11 is 0. The van der Waals surface area contributed by atoms with Crippen LogP contribution in [0.25, 0.3) is 0 Å². The van der Waals surface area contributed by atoms with E-state index >= 15 is 0 Å². The Morgan fingerprint density at radius 2 is 1.49 bits per heavy atom. The second kappa shape index (κ2) is 12.5. The molecule has 1 aromatic carbocycles. The predicted octanol–water partition coefficient (Wildman–Crippen LogP) is 6.22. The molecule has 0 aliphatic heterocycles. The fraction of sp³-hybridized carbons (Fsp3) is 0.621. The number of carbonyl (C=O) groups excluding carboxylic acids is 3. The Hall–Kier alpha value is -2.85. The topological polar surface area (TPSA) is 101 Å². The van der Waals surface area contributed by atoms with Gasteiger partial charge in [0.1, 0.15) is 16.9 Å². The lowest BCUT2D eigenvalue weighted by molar-refractivity contribution is -0.143. The van der Waals surface area contributed by atoms with Crippen molar-refractivity contribution in [2.45, 2.75) is 86.0 Å². The Kier molecular flexibility index (Phi) is 11.0. The van der Waals surface area contributed by atoms with Crippen molar-refractivity contribution in [1.29, 1.82) is 0 Å². The van der Waals surface area contributed by atoms with E-state index in [0.29, 0.717) is 0 Å². The molecule has 0 atom stereocenters. The molecule has 0 radical (unpaired) electrons. The van der Waals surface area contributed by atoms with Crippen LogP contribution in [-0.2, 0) is 14.3 Å². The van der Waals surface area contributed by atoms with Crippen molar-refractivity contribution < 1.29 is 37.8 Å². The van der Waals surface area contributed by atoms with Crippen LogP contribution < -0.4 is 13.9 Å². The second-order valence-corrected chi connectivity index (χ2v) is 17.9. The molecule has 0 unspecified atom stereocenters. The minimum Gasteiger partial charge on any atom is -0.543 e. The van der Waals surface area contributed by atoms with Gasteiger partial charge in [0.25, 0.3) is 8.32 Å². The Labute approximate surface area is 234 Å². The maximum absolute atomic E-state index is 13.8. The lowest BCUT2D eigenvalue weighted by Gasteiger charge is -2.37. The molecule has 0 spiro atoms. The molecule has 0 fully saturated rings. The van der Waals surface area contributed by atoms with E-state index in [2.05, 4.69) is 20.8 Å². The fourth-order valence-electron chi connectivity index (χ4n) is 2.77. The van der Waals surface area contributed by atoms with Crippen LogP contribution in [0.1, 0.15) is 83.0 Å². The highest BCUT2D eigenvalue weighted by Gasteiger charge is 2.42. The van der Waals surface area contributed by atoms with E-state index in [1.54, 1.807) is 66.7 Å². The van der Waals surface area contributed by atoms with Crippen molar-refractivity contribution >= 4 is 26.0 Å². The first-order valence-electron chi connectivity index (χ1n) is 12.9. The monoisotopic (exact) mass is 565 g/mol. The standard InChI is InChI=1S/C29H47NO8Si/c1-27(2,3)26(33)36-24-21(35-18-34-12)17-20(38-39(13,14)29(7,8)9)22(19(31)15-16-30(10)11)23(24)25(32)37-28(4,5)6/h15-17H,18H2,1-14H3/b16-15+. The van der Waals surface area contributed by atoms with Gasteiger partial charge < -0.3 is 28.3 Å². The van der Waals surface area contributed by atoms with Gasteiger partial charge in [-0.15, -0.1) is 0 Å². The van der Waals surface area contributed by atoms with Crippen LogP contribution in [0.2, 0.25) is 18.1 Å². The number of allylic oxidation sites excluding steroid dienone is 1. The number of ether oxygens (including phenoxy) is 4. The summed E-state index contributed by atoms with van der Waals surface area (Å²) in [6, 6.07) is 1.48. The Morgan fingerprint density at radius 3 is 1.92 bits per heavy atom. The molecule has 0 bridgehead atoms. The molecule has 220 valence electrons. The van der Waals surface area contributed by atoms with Gasteiger partial charge in [-0.25, -0.2) is 4.79 Å². The molecule has 0 N–H and O–H groups in total. The van der Waals surface area contributed by atoms with Gasteiger partial charge in [0.05, 0.1) is 11.0 Å². The zero-order valence-corrected chi connectivity index (χ0v) is 27.2. The van der Waals surface area contributed by atoms with E-state index in [4.69, 9.17) is 23.4 Å². The van der Waals surface area contributed by atoms with Gasteiger partial charge in [-0.1, -0.05) is 20.8 Å². The summed E-state index contributed by atoms with van der Waals surface area (Å²) in [5, 5.41) is -0.232. The third-order valence-electron chi connectivity index (χ3n) is 5.89. The fourth-order valence-corrected chi connectivity index (χ4v) is 3.79. The van der Waals surface area contributed by atoms with E-state index < -0.39 is 37.1 Å². The molecule has 39 heavy (non-hydrogen) atoms. The second-order valence-electron chi connectivity index (χ2n) is 13.2. The molecule has 1 aromatic rings. The third kappa shape index (κ3) is 9.68. The van der Waals surface area contributed by atoms with E-state index in [1.165, 1.54) is 19.3 Å². The molecule has 0 amide bonds. The van der Waals surface area contributed by atoms with Crippen LogP contribution in [0.4, 0.5) is 0 Å². The largest absolute Gasteiger partial charge is 0.543 e. The molecule has 0 heterocycles. The average molecular weight is 566 g/mol. The van der Waals surface area contributed by atoms with E-state index in [-0.39, 0.29) is 40.2 Å². The zero-order valence-electron chi connectivity index (χ0n) is 26.2. The maximum Gasteiger partial charge on any atom is 0.343 e. The lowest BCUT2D eigenvalue weighted by Crippen LogP contribution is -2.44. The first kappa shape index (κ1) is 34.2. The van der Waals surface area contributed by atoms with E-state index in [9.17, 15) is 14.4 Å². The number of carbonyl (C=O) groups is 3. The van der Waals surface area contributed by atoms with Crippen molar-refractivity contribution in [3.05, 3.63) is 29.5 Å². The van der Waals surface area contributed by atoms with Gasteiger partial charge in [0.2, 0.25) is 0 Å². The number of methoxy groups -OCH3 is 1. The van der Waals surface area contributed by atoms with Gasteiger partial charge in [0.15, 0.2) is 24.1 Å². The summed E-state index contributed by atoms with van der Waals surface area (Å²) in [7, 11) is 2.43. The summed E-state index contributed by atoms with van der Waals surface area (Å²) in [5.41, 5.74) is -2.16. The number of rotatable bonds is 10. The number of ketones is 1. The SMILES string of the molecule is COCOc1cc(O[Si](C)(C)C(C)(C)C)c(C(=O)/C=C/N(C)C)c(C(=O)OC(C)(C)C)c1OC(=O)C(C)(C)C. The number of hydrogen-bond acceptors (Lipinski definition) is 9. The van der Waals surface area contributed by atoms with Crippen LogP contribution in [0, 0.1) is 5.41 Å². The highest BCUT2D eigenvalue weighted by atomic mass is 28.4. The van der Waals surface area contributed by atoms with Gasteiger partial charge in [0, 0.05) is 39.5 Å². The lowest BCUT2D eigenvalue weighted by atomic mass is 9.96. The smallest absolute Gasteiger partial charge is 0.343 e. The highest BCUT2D eigenvalue weighted by Crippen LogP contribution is 2.45. The Bertz CT molecular complexity index is 1090. The average Bonchev–Trinajstić information content (AvgIpc) is 2.73. The van der Waals surface area contributed by atoms with Crippen molar-refractivity contribution in [3.8, 4) is 17.2 Å². The maximum atomic E-state index is 13.8. The third-order valence-corrected chi connectivity index (χ3v) is 10.2. The van der Waals surface area contributed by atoms with Crippen molar-refractivity contribution in [3.63, 3.8) is 0 Å². The van der Waals surface area contributed by atoms with Gasteiger partial charge >= 0.3 is 11.9 Å². The molecule has 1 rings (SSSR count). The summed E-state index contributed by atoms with van der Waals surface area (Å²) in [5.74, 6) is -2.09. The normalized spacial score (nSPS) is 12.8. The van der Waals surface area contributed by atoms with Crippen LogP contribution in [-0.4, -0.2) is 64.5 Å². The Morgan fingerprint density at radius 1 is 0.923 bits per heavy atom. The zero-order chi connectivity index (χ0) is 30.6. The molecule has 10 heteroatoms. The quantitative estimate of drug-likeness (QED) is 0.0817. The molecule has 0 aliphatic carbocycles. The van der Waals surface area contributed by atoms with E-state index in [1.807, 2.05) is 13.1 Å². The van der Waals surface area contributed by atoms with E-state index in [0.717, 1.165) is 0 Å². The number of nitrogens with zero attached hydrogens (tertiary/aromatic N) is 1. The van der Waals surface area contributed by atoms with Crippen molar-refractivity contribution in [1.82, 2.24) is 4.90 Å². The Balaban J connectivity index is 4.26. The summed E-state index contributed by atoms with van der Waals surface area (Å²) < 4.78 is 29.0. The molecule has 0 saturated carbocycles. The summed E-state index contributed by atoms with van der Waals surface area (Å²) in [6.45, 7) is 20.2. The highest BCUT2D eigenvalue weighted by molar-refractivity contribution is 6.74. The minimum atomic E-state index is -2.54. The van der Waals surface area contributed by atoms with Crippen LogP contribution in [0.5, 0.6) is 17.2 Å². The number of esters is 2. The summed E-state index contributed by atoms with van der Waals surface area (Å²) in [4.78, 5) is 42.3. The van der Waals surface area contributed by atoms with Crippen LogP contribution in [0.3, 0.4) is 0 Å².